The van der Waals surface area contributed by atoms with E-state index < -0.39 is 6.04 Å². The minimum Gasteiger partial charge on any atom is -0.340 e. The van der Waals surface area contributed by atoms with Crippen LogP contribution in [0.1, 0.15) is 22.3 Å². The van der Waals surface area contributed by atoms with Crippen molar-refractivity contribution in [2.24, 2.45) is 5.10 Å². The summed E-state index contributed by atoms with van der Waals surface area (Å²) in [6.45, 7) is 0. The van der Waals surface area contributed by atoms with Crippen LogP contribution in [0.5, 0.6) is 0 Å². The molecule has 0 bridgehead atoms. The van der Waals surface area contributed by atoms with Crippen LogP contribution >= 0.6 is 11.8 Å². The molecule has 1 atom stereocenters. The van der Waals surface area contributed by atoms with Gasteiger partial charge in [0.05, 0.1) is 0 Å². The van der Waals surface area contributed by atoms with Crippen LogP contribution < -0.4 is 10.7 Å². The third kappa shape index (κ3) is 7.50. The van der Waals surface area contributed by atoms with E-state index in [1.165, 1.54) is 6.21 Å². The molecule has 0 saturated carbocycles. The van der Waals surface area contributed by atoms with Gasteiger partial charge in [-0.3, -0.25) is 9.59 Å². The monoisotopic (exact) mass is 381 g/mol. The second-order valence-electron chi connectivity index (χ2n) is 5.70. The normalized spacial score (nSPS) is 12.2. The number of benzene rings is 2. The van der Waals surface area contributed by atoms with Crippen LogP contribution in [0.3, 0.4) is 0 Å². The van der Waals surface area contributed by atoms with Crippen LogP contribution in [-0.4, -0.2) is 36.1 Å². The van der Waals surface area contributed by atoms with E-state index in [1.807, 2.05) is 48.7 Å². The minimum atomic E-state index is -0.639. The molecule has 0 fully saturated rings. The van der Waals surface area contributed by atoms with Crippen LogP contribution in [0.25, 0.3) is 6.08 Å². The molecular weight excluding hydrogens is 358 g/mol. The Morgan fingerprint density at radius 3 is 2.41 bits per heavy atom. The Hall–Kier alpha value is -2.86. The summed E-state index contributed by atoms with van der Waals surface area (Å²) in [5.74, 6) is 0.146. The predicted molar refractivity (Wildman–Crippen MR) is 113 cm³/mol. The number of carbonyl (C=O) groups is 2. The van der Waals surface area contributed by atoms with Crippen molar-refractivity contribution in [1.29, 1.82) is 0 Å². The largest absolute Gasteiger partial charge is 0.340 e. The Morgan fingerprint density at radius 2 is 1.74 bits per heavy atom. The number of allylic oxidation sites excluding steroid dienone is 1. The van der Waals surface area contributed by atoms with Crippen molar-refractivity contribution in [3.05, 3.63) is 77.9 Å². The molecule has 6 heteroatoms. The molecule has 0 radical (unpaired) electrons. The maximum absolute atomic E-state index is 12.4. The lowest BCUT2D eigenvalue weighted by molar-refractivity contribution is -0.123. The van der Waals surface area contributed by atoms with Crippen LogP contribution in [0.2, 0.25) is 0 Å². The van der Waals surface area contributed by atoms with Gasteiger partial charge in [-0.15, -0.1) is 0 Å². The molecule has 2 aromatic carbocycles. The summed E-state index contributed by atoms with van der Waals surface area (Å²) < 4.78 is 0. The number of nitrogens with zero attached hydrogens (tertiary/aromatic N) is 1. The first-order valence-corrected chi connectivity index (χ1v) is 9.99. The van der Waals surface area contributed by atoms with Gasteiger partial charge in [0.25, 0.3) is 11.8 Å². The molecule has 0 aliphatic rings. The van der Waals surface area contributed by atoms with Crippen LogP contribution in [0, 0.1) is 0 Å². The van der Waals surface area contributed by atoms with E-state index in [2.05, 4.69) is 15.8 Å². The summed E-state index contributed by atoms with van der Waals surface area (Å²) in [6, 6.07) is 18.0. The average molecular weight is 382 g/mol. The molecule has 2 aromatic rings. The maximum atomic E-state index is 12.4. The molecule has 0 saturated heterocycles. The Balaban J connectivity index is 1.90. The van der Waals surface area contributed by atoms with Gasteiger partial charge in [-0.05, 0) is 42.2 Å². The second kappa shape index (κ2) is 11.7. The van der Waals surface area contributed by atoms with E-state index in [-0.39, 0.29) is 11.8 Å². The average Bonchev–Trinajstić information content (AvgIpc) is 2.72. The van der Waals surface area contributed by atoms with Crippen molar-refractivity contribution in [1.82, 2.24) is 10.7 Å². The summed E-state index contributed by atoms with van der Waals surface area (Å²) in [7, 11) is 0. The van der Waals surface area contributed by atoms with Gasteiger partial charge in [0, 0.05) is 11.8 Å². The molecule has 0 spiro atoms. The molecule has 2 N–H and O–H groups in total. The van der Waals surface area contributed by atoms with Gasteiger partial charge in [-0.25, -0.2) is 5.43 Å². The smallest absolute Gasteiger partial charge is 0.262 e. The van der Waals surface area contributed by atoms with Gasteiger partial charge in [0.15, 0.2) is 0 Å². The standard InChI is InChI=1S/C21H23N3O2S/c1-27-16-14-19(23-20(25)18-12-6-3-7-13-18)21(26)24-22-15-8-11-17-9-4-2-5-10-17/h2-13,15,19H,14,16H2,1H3,(H,23,25)(H,24,26)/b11-8+,22-15-. The van der Waals surface area contributed by atoms with E-state index in [0.29, 0.717) is 12.0 Å². The highest BCUT2D eigenvalue weighted by Gasteiger charge is 2.20. The van der Waals surface area contributed by atoms with Gasteiger partial charge >= 0.3 is 0 Å². The van der Waals surface area contributed by atoms with Gasteiger partial charge in [0.1, 0.15) is 6.04 Å². The van der Waals surface area contributed by atoms with Crippen molar-refractivity contribution >= 4 is 35.9 Å². The number of rotatable bonds is 9. The van der Waals surface area contributed by atoms with Crippen LogP contribution in [-0.2, 0) is 4.79 Å². The Kier molecular flexibility index (Phi) is 8.86. The van der Waals surface area contributed by atoms with Crippen molar-refractivity contribution in [2.75, 3.05) is 12.0 Å². The third-order valence-corrected chi connectivity index (χ3v) is 4.34. The van der Waals surface area contributed by atoms with E-state index in [0.717, 1.165) is 11.3 Å². The maximum Gasteiger partial charge on any atom is 0.262 e. The van der Waals surface area contributed by atoms with Gasteiger partial charge in [0.2, 0.25) is 0 Å². The first-order chi connectivity index (χ1) is 13.2. The van der Waals surface area contributed by atoms with Gasteiger partial charge in [-0.1, -0.05) is 54.6 Å². The molecule has 0 aliphatic heterocycles. The summed E-state index contributed by atoms with van der Waals surface area (Å²) in [4.78, 5) is 24.7. The molecule has 0 aliphatic carbocycles. The Labute approximate surface area is 163 Å². The van der Waals surface area contributed by atoms with Gasteiger partial charge < -0.3 is 5.32 Å². The fourth-order valence-electron chi connectivity index (χ4n) is 2.28. The molecule has 5 nitrogen and oxygen atoms in total. The molecule has 0 aromatic heterocycles. The first kappa shape index (κ1) is 20.5. The van der Waals surface area contributed by atoms with E-state index in [4.69, 9.17) is 0 Å². The van der Waals surface area contributed by atoms with E-state index >= 15 is 0 Å². The lowest BCUT2D eigenvalue weighted by Crippen LogP contribution is -2.45. The molecule has 140 valence electrons. The lowest BCUT2D eigenvalue weighted by Gasteiger charge is -2.16. The number of carbonyl (C=O) groups excluding carboxylic acids is 2. The zero-order valence-corrected chi connectivity index (χ0v) is 16.0. The van der Waals surface area contributed by atoms with Crippen LogP contribution in [0.4, 0.5) is 0 Å². The zero-order chi connectivity index (χ0) is 19.3. The predicted octanol–water partition coefficient (Wildman–Crippen LogP) is 3.35. The topological polar surface area (TPSA) is 70.6 Å². The number of amides is 2. The molecular formula is C21H23N3O2S. The van der Waals surface area contributed by atoms with E-state index in [9.17, 15) is 9.59 Å². The quantitative estimate of drug-likeness (QED) is 0.517. The highest BCUT2D eigenvalue weighted by Crippen LogP contribution is 2.04. The van der Waals surface area contributed by atoms with Gasteiger partial charge in [-0.2, -0.15) is 16.9 Å². The van der Waals surface area contributed by atoms with Crippen LogP contribution in [0.15, 0.2) is 71.8 Å². The summed E-state index contributed by atoms with van der Waals surface area (Å²) in [5.41, 5.74) is 4.06. The summed E-state index contributed by atoms with van der Waals surface area (Å²) in [5, 5.41) is 6.70. The highest BCUT2D eigenvalue weighted by atomic mass is 32.2. The fourth-order valence-corrected chi connectivity index (χ4v) is 2.75. The number of nitrogens with one attached hydrogen (secondary N) is 2. The van der Waals surface area contributed by atoms with Crippen molar-refractivity contribution < 1.29 is 9.59 Å². The Morgan fingerprint density at radius 1 is 1.07 bits per heavy atom. The molecule has 2 amide bonds. The summed E-state index contributed by atoms with van der Waals surface area (Å²) >= 11 is 1.62. The molecule has 27 heavy (non-hydrogen) atoms. The number of hydrogen-bond acceptors (Lipinski definition) is 4. The molecule has 2 rings (SSSR count). The second-order valence-corrected chi connectivity index (χ2v) is 6.68. The lowest BCUT2D eigenvalue weighted by atomic mass is 10.1. The highest BCUT2D eigenvalue weighted by molar-refractivity contribution is 7.98. The van der Waals surface area contributed by atoms with E-state index in [1.54, 1.807) is 42.1 Å². The number of hydrazone groups is 1. The molecule has 1 unspecified atom stereocenters. The number of thioether (sulfide) groups is 1. The SMILES string of the molecule is CSCCC(NC(=O)c1ccccc1)C(=O)N/N=C\C=C\c1ccccc1. The zero-order valence-electron chi connectivity index (χ0n) is 15.2. The Bertz CT molecular complexity index is 777. The number of hydrogen-bond donors (Lipinski definition) is 2. The third-order valence-electron chi connectivity index (χ3n) is 3.69. The molecule has 0 heterocycles. The van der Waals surface area contributed by atoms with Crippen molar-refractivity contribution in [3.63, 3.8) is 0 Å². The van der Waals surface area contributed by atoms with Crippen molar-refractivity contribution in [3.8, 4) is 0 Å². The minimum absolute atomic E-state index is 0.273. The first-order valence-electron chi connectivity index (χ1n) is 8.60. The fraction of sp³-hybridized carbons (Fsp3) is 0.190. The van der Waals surface area contributed by atoms with Crippen molar-refractivity contribution in [2.45, 2.75) is 12.5 Å². The summed E-state index contributed by atoms with van der Waals surface area (Å²) in [6.07, 6.45) is 7.63.